The van der Waals surface area contributed by atoms with Gasteiger partial charge >= 0.3 is 8.97 Å². The minimum absolute atomic E-state index is 0. The minimum atomic E-state index is -2.74. The lowest BCUT2D eigenvalue weighted by Crippen LogP contribution is -3.00. The minimum Gasteiger partial charge on any atom is -1.00 e. The van der Waals surface area contributed by atoms with Crippen LogP contribution < -0.4 is 17.8 Å². The molecule has 18 heavy (non-hydrogen) atoms. The van der Waals surface area contributed by atoms with Crippen molar-refractivity contribution in [3.05, 3.63) is 35.9 Å². The molecule has 0 saturated carbocycles. The average Bonchev–Trinajstić information content (AvgIpc) is 2.29. The van der Waals surface area contributed by atoms with Crippen LogP contribution in [0.4, 0.5) is 0 Å². The molecule has 3 N–H and O–H groups in total. The second-order valence-corrected chi connectivity index (χ2v) is 7.00. The van der Waals surface area contributed by atoms with Crippen LogP contribution in [0.25, 0.3) is 0 Å². The molecule has 0 aliphatic carbocycles. The first-order valence-corrected chi connectivity index (χ1v) is 7.54. The van der Waals surface area contributed by atoms with Gasteiger partial charge < -0.3 is 31.1 Å². The van der Waals surface area contributed by atoms with E-state index in [1.807, 2.05) is 32.0 Å². The molecule has 6 heteroatoms. The van der Waals surface area contributed by atoms with Gasteiger partial charge in [-0.2, -0.15) is 0 Å². The number of quaternary nitrogens is 1. The Morgan fingerprint density at radius 3 is 2.06 bits per heavy atom. The zero-order chi connectivity index (χ0) is 12.9. The van der Waals surface area contributed by atoms with Crippen LogP contribution in [-0.4, -0.2) is 28.8 Å². The summed E-state index contributed by atoms with van der Waals surface area (Å²) in [6.45, 7) is 4.04. The topological polar surface area (TPSA) is 55.3 Å². The van der Waals surface area contributed by atoms with Crippen LogP contribution >= 0.6 is 0 Å². The van der Waals surface area contributed by atoms with Gasteiger partial charge in [0.05, 0.1) is 5.60 Å². The Labute approximate surface area is 116 Å². The van der Waals surface area contributed by atoms with Crippen molar-refractivity contribution in [2.45, 2.75) is 25.9 Å². The van der Waals surface area contributed by atoms with Crippen molar-refractivity contribution in [2.75, 3.05) is 14.2 Å². The second-order valence-electron chi connectivity index (χ2n) is 4.62. The monoisotopic (exact) mass is 291 g/mol. The number of halogens is 1. The van der Waals surface area contributed by atoms with E-state index in [9.17, 15) is 0 Å². The summed E-state index contributed by atoms with van der Waals surface area (Å²) in [5.74, 6) is 0. The van der Waals surface area contributed by atoms with E-state index in [-0.39, 0.29) is 18.0 Å². The molecule has 0 heterocycles. The summed E-state index contributed by atoms with van der Waals surface area (Å²) in [6, 6.07) is 10.2. The van der Waals surface area contributed by atoms with Gasteiger partial charge in [-0.15, -0.1) is 0 Å². The predicted molar refractivity (Wildman–Crippen MR) is 68.0 cm³/mol. The molecule has 1 rings (SSSR count). The van der Waals surface area contributed by atoms with Crippen molar-refractivity contribution in [2.24, 2.45) is 0 Å². The lowest BCUT2D eigenvalue weighted by atomic mass is 9.99. The lowest BCUT2D eigenvalue weighted by molar-refractivity contribution is -0.320. The largest absolute Gasteiger partial charge is 1.00 e. The predicted octanol–water partition coefficient (Wildman–Crippen LogP) is -2.00. The molecule has 0 spiro atoms. The number of rotatable bonds is 6. The van der Waals surface area contributed by atoms with Crippen LogP contribution in [0.3, 0.4) is 0 Å². The van der Waals surface area contributed by atoms with Crippen molar-refractivity contribution in [3.63, 3.8) is 0 Å². The molecule has 0 bridgehead atoms. The van der Waals surface area contributed by atoms with Crippen molar-refractivity contribution in [3.8, 4) is 0 Å². The van der Waals surface area contributed by atoms with Crippen LogP contribution in [0, 0.1) is 0 Å². The molecule has 0 aliphatic heterocycles. The Bertz CT molecular complexity index is 344. The van der Waals surface area contributed by atoms with Crippen molar-refractivity contribution < 1.29 is 31.1 Å². The molecule has 104 valence electrons. The number of hydrogen-bond donors (Lipinski definition) is 1. The molecule has 0 saturated heterocycles. The summed E-state index contributed by atoms with van der Waals surface area (Å²) in [5.41, 5.74) is 0.863. The molecule has 0 atom stereocenters. The molecular weight excluding hydrogens is 270 g/mol. The third kappa shape index (κ3) is 5.47. The Hall–Kier alpha value is -0.433. The number of benzene rings is 1. The summed E-state index contributed by atoms with van der Waals surface area (Å²) >= 11 is 0. The maximum Gasteiger partial charge on any atom is 0.779 e. The molecule has 0 unspecified atom stereocenters. The molecule has 0 fully saturated rings. The molecule has 1 aromatic carbocycles. The molecule has 0 aromatic heterocycles. The van der Waals surface area contributed by atoms with Gasteiger partial charge in [0.25, 0.3) is 0 Å². The number of hydrogen-bond acceptors (Lipinski definition) is 3. The van der Waals surface area contributed by atoms with Gasteiger partial charge in [-0.1, -0.05) is 30.3 Å². The van der Waals surface area contributed by atoms with E-state index in [0.29, 0.717) is 0 Å². The van der Waals surface area contributed by atoms with Gasteiger partial charge in [-0.3, -0.25) is 0 Å². The highest BCUT2D eigenvalue weighted by Crippen LogP contribution is 2.19. The van der Waals surface area contributed by atoms with E-state index in [0.717, 1.165) is 6.42 Å². The van der Waals surface area contributed by atoms with Crippen LogP contribution in [-0.2, 0) is 19.7 Å². The van der Waals surface area contributed by atoms with Crippen molar-refractivity contribution >= 4 is 8.97 Å². The van der Waals surface area contributed by atoms with Gasteiger partial charge in [0.1, 0.15) is 0 Å². The van der Waals surface area contributed by atoms with E-state index in [1.54, 1.807) is 14.2 Å². The second kappa shape index (κ2) is 7.23. The highest BCUT2D eigenvalue weighted by Gasteiger charge is 2.49. The highest BCUT2D eigenvalue weighted by atomic mass is 35.5. The quantitative estimate of drug-likeness (QED) is 0.617. The van der Waals surface area contributed by atoms with E-state index in [1.165, 1.54) is 5.56 Å². The Balaban J connectivity index is 0.00000289. The van der Waals surface area contributed by atoms with Gasteiger partial charge in [0.15, 0.2) is 0 Å². The molecule has 4 nitrogen and oxygen atoms in total. The van der Waals surface area contributed by atoms with Gasteiger partial charge in [-0.25, -0.2) is 0 Å². The van der Waals surface area contributed by atoms with Crippen molar-refractivity contribution in [1.29, 1.82) is 0 Å². The fourth-order valence-electron chi connectivity index (χ4n) is 1.71. The summed E-state index contributed by atoms with van der Waals surface area (Å²) < 4.78 is 16.4. The van der Waals surface area contributed by atoms with E-state index in [4.69, 9.17) is 13.3 Å². The summed E-state index contributed by atoms with van der Waals surface area (Å²) in [6.07, 6.45) is 0.796. The van der Waals surface area contributed by atoms with E-state index < -0.39 is 8.97 Å². The summed E-state index contributed by atoms with van der Waals surface area (Å²) in [7, 11) is 0.405. The first kappa shape index (κ1) is 17.6. The zero-order valence-electron chi connectivity index (χ0n) is 11.4. The van der Waals surface area contributed by atoms with Crippen LogP contribution in [0.15, 0.2) is 30.3 Å². The smallest absolute Gasteiger partial charge is 0.779 e. The zero-order valence-corrected chi connectivity index (χ0v) is 13.2. The Morgan fingerprint density at radius 2 is 1.61 bits per heavy atom. The SMILES string of the molecule is CO[Si]([NH3+])(OC)OC(C)(C)Cc1ccccc1.[Cl-]. The molecular formula is C12H22ClNO3Si. The Morgan fingerprint density at radius 1 is 1.11 bits per heavy atom. The molecule has 0 radical (unpaired) electrons. The van der Waals surface area contributed by atoms with Crippen LogP contribution in [0.1, 0.15) is 19.4 Å². The summed E-state index contributed by atoms with van der Waals surface area (Å²) in [4.78, 5) is 0. The first-order chi connectivity index (χ1) is 7.91. The fourth-order valence-corrected chi connectivity index (χ4v) is 2.96. The maximum absolute atomic E-state index is 5.91. The maximum atomic E-state index is 5.91. The lowest BCUT2D eigenvalue weighted by Gasteiger charge is -2.29. The fraction of sp³-hybridized carbons (Fsp3) is 0.500. The van der Waals surface area contributed by atoms with Crippen molar-refractivity contribution in [1.82, 2.24) is 0 Å². The highest BCUT2D eigenvalue weighted by molar-refractivity contribution is 6.50. The average molecular weight is 292 g/mol. The third-order valence-corrected chi connectivity index (χ3v) is 4.63. The molecule has 0 amide bonds. The van der Waals surface area contributed by atoms with Gasteiger partial charge in [0.2, 0.25) is 0 Å². The first-order valence-electron chi connectivity index (χ1n) is 5.60. The van der Waals surface area contributed by atoms with Crippen LogP contribution in [0.5, 0.6) is 0 Å². The van der Waals surface area contributed by atoms with Gasteiger partial charge in [-0.05, 0) is 19.4 Å². The van der Waals surface area contributed by atoms with Crippen LogP contribution in [0.2, 0.25) is 0 Å². The molecule has 1 aromatic rings. The third-order valence-electron chi connectivity index (χ3n) is 2.53. The summed E-state index contributed by atoms with van der Waals surface area (Å²) in [5, 5.41) is 3.91. The van der Waals surface area contributed by atoms with Gasteiger partial charge in [0, 0.05) is 20.6 Å². The molecule has 0 aliphatic rings. The Kier molecular flexibility index (Phi) is 7.05. The van der Waals surface area contributed by atoms with E-state index in [2.05, 4.69) is 17.5 Å². The normalized spacial score (nSPS) is 12.1. The standard InChI is InChI=1S/C12H22NO3Si.ClH/c1-12(2,16-17(13,14-3)15-4)10-11-8-6-5-7-9-11;/h5-9H,10H2,1-4,13H3;1H/q+1;/p-1. The van der Waals surface area contributed by atoms with E-state index >= 15 is 0 Å².